The molecule has 1 atom stereocenters. The van der Waals surface area contributed by atoms with E-state index >= 15 is 0 Å². The summed E-state index contributed by atoms with van der Waals surface area (Å²) in [6.45, 7) is 8.98. The molecule has 3 N–H and O–H groups in total. The minimum atomic E-state index is -0.416. The van der Waals surface area contributed by atoms with Gasteiger partial charge in [0.2, 0.25) is 0 Å². The average Bonchev–Trinajstić information content (AvgIpc) is 2.98. The van der Waals surface area contributed by atoms with E-state index in [1.54, 1.807) is 23.5 Å². The van der Waals surface area contributed by atoms with Crippen LogP contribution < -0.4 is 15.8 Å². The van der Waals surface area contributed by atoms with Crippen molar-refractivity contribution in [3.8, 4) is 5.75 Å². The van der Waals surface area contributed by atoms with Crippen LogP contribution in [0, 0.1) is 12.8 Å². The Labute approximate surface area is 177 Å². The number of carbonyl (C=O) groups excluding carboxylic acids is 1. The molecule has 1 amide bonds. The second-order valence-electron chi connectivity index (χ2n) is 6.99. The number of halogens is 2. The number of nitrogens with two attached hydrogens (primary N) is 1. The summed E-state index contributed by atoms with van der Waals surface area (Å²) in [7, 11) is 0. The zero-order chi connectivity index (χ0) is 18.4. The fourth-order valence-corrected chi connectivity index (χ4v) is 3.39. The number of aryl methyl sites for hydroxylation is 1. The largest absolute Gasteiger partial charge is 0.487 e. The predicted molar refractivity (Wildman–Crippen MR) is 117 cm³/mol. The summed E-state index contributed by atoms with van der Waals surface area (Å²) < 4.78 is 5.76. The first kappa shape index (κ1) is 25.7. The number of hydrogen-bond donors (Lipinski definition) is 2. The van der Waals surface area contributed by atoms with Crippen LogP contribution in [-0.4, -0.2) is 23.0 Å². The van der Waals surface area contributed by atoms with Crippen molar-refractivity contribution in [3.63, 3.8) is 0 Å². The van der Waals surface area contributed by atoms with Gasteiger partial charge in [-0.05, 0) is 44.4 Å². The molecule has 0 aliphatic heterocycles. The standard InChI is InChI=1S/C19H27N3O2S.2ClH/c1-13(2)9-19(4,12-20)22-18(23)15-6-5-7-17(8-15)24-10-16-11-25-14(3)21-16;;/h5-8,11,13H,9-10,12,20H2,1-4H3,(H,22,23);2*1H. The number of benzene rings is 1. The highest BCUT2D eigenvalue weighted by Crippen LogP contribution is 2.19. The number of amides is 1. The van der Waals surface area contributed by atoms with E-state index in [9.17, 15) is 4.79 Å². The molecule has 0 saturated heterocycles. The maximum atomic E-state index is 12.6. The van der Waals surface area contributed by atoms with Gasteiger partial charge in [0.05, 0.1) is 10.7 Å². The highest BCUT2D eigenvalue weighted by molar-refractivity contribution is 7.09. The Morgan fingerprint density at radius 1 is 1.37 bits per heavy atom. The van der Waals surface area contributed by atoms with Crippen LogP contribution in [0.5, 0.6) is 5.75 Å². The molecule has 2 rings (SSSR count). The Morgan fingerprint density at radius 2 is 2.07 bits per heavy atom. The summed E-state index contributed by atoms with van der Waals surface area (Å²) in [5, 5.41) is 6.05. The van der Waals surface area contributed by atoms with Gasteiger partial charge in [0.15, 0.2) is 0 Å². The summed E-state index contributed by atoms with van der Waals surface area (Å²) in [6.07, 6.45) is 0.828. The fraction of sp³-hybridized carbons (Fsp3) is 0.474. The fourth-order valence-electron chi connectivity index (χ4n) is 2.79. The lowest BCUT2D eigenvalue weighted by atomic mass is 9.90. The van der Waals surface area contributed by atoms with E-state index in [4.69, 9.17) is 10.5 Å². The highest BCUT2D eigenvalue weighted by Gasteiger charge is 2.26. The lowest BCUT2D eigenvalue weighted by Gasteiger charge is -2.31. The molecular weight excluding hydrogens is 405 g/mol. The van der Waals surface area contributed by atoms with Gasteiger partial charge in [0.25, 0.3) is 5.91 Å². The molecule has 0 fully saturated rings. The maximum absolute atomic E-state index is 12.6. The Morgan fingerprint density at radius 3 is 2.63 bits per heavy atom. The zero-order valence-corrected chi connectivity index (χ0v) is 18.6. The first-order chi connectivity index (χ1) is 11.8. The lowest BCUT2D eigenvalue weighted by Crippen LogP contribution is -2.52. The zero-order valence-electron chi connectivity index (χ0n) is 16.2. The number of aromatic nitrogens is 1. The molecule has 1 unspecified atom stereocenters. The van der Waals surface area contributed by atoms with Crippen molar-refractivity contribution in [1.29, 1.82) is 0 Å². The van der Waals surface area contributed by atoms with Gasteiger partial charge in [-0.3, -0.25) is 4.79 Å². The van der Waals surface area contributed by atoms with Gasteiger partial charge >= 0.3 is 0 Å². The highest BCUT2D eigenvalue weighted by atomic mass is 35.5. The normalized spacial score (nSPS) is 12.5. The SMILES string of the molecule is Cc1nc(COc2cccc(C(=O)NC(C)(CN)CC(C)C)c2)cs1.Cl.Cl. The number of thiazole rings is 1. The van der Waals surface area contributed by atoms with Crippen LogP contribution in [0.4, 0.5) is 0 Å². The number of carbonyl (C=O) groups is 1. The molecule has 0 spiro atoms. The molecule has 0 aliphatic rings. The van der Waals surface area contributed by atoms with Gasteiger partial charge in [-0.2, -0.15) is 0 Å². The van der Waals surface area contributed by atoms with Gasteiger partial charge < -0.3 is 15.8 Å². The quantitative estimate of drug-likeness (QED) is 0.647. The molecule has 152 valence electrons. The molecular formula is C19H29Cl2N3O2S. The summed E-state index contributed by atoms with van der Waals surface area (Å²) in [5.41, 5.74) is 6.92. The lowest BCUT2D eigenvalue weighted by molar-refractivity contribution is 0.0897. The monoisotopic (exact) mass is 433 g/mol. The molecule has 0 saturated carbocycles. The topological polar surface area (TPSA) is 77.2 Å². The molecule has 0 aliphatic carbocycles. The summed E-state index contributed by atoms with van der Waals surface area (Å²) >= 11 is 1.59. The minimum Gasteiger partial charge on any atom is -0.487 e. The number of ether oxygens (including phenoxy) is 1. The van der Waals surface area contributed by atoms with E-state index < -0.39 is 5.54 Å². The molecule has 5 nitrogen and oxygen atoms in total. The summed E-state index contributed by atoms with van der Waals surface area (Å²) in [6, 6.07) is 7.19. The van der Waals surface area contributed by atoms with Crippen molar-refractivity contribution in [3.05, 3.63) is 45.9 Å². The third-order valence-corrected chi connectivity index (χ3v) is 4.70. The summed E-state index contributed by atoms with van der Waals surface area (Å²) in [5.74, 6) is 0.963. The van der Waals surface area contributed by atoms with Crippen molar-refractivity contribution in [2.45, 2.75) is 46.3 Å². The van der Waals surface area contributed by atoms with Crippen LogP contribution in [-0.2, 0) is 6.61 Å². The number of nitrogens with one attached hydrogen (secondary N) is 1. The average molecular weight is 434 g/mol. The van der Waals surface area contributed by atoms with Crippen molar-refractivity contribution in [2.24, 2.45) is 11.7 Å². The minimum absolute atomic E-state index is 0. The van der Waals surface area contributed by atoms with Crippen LogP contribution >= 0.6 is 36.2 Å². The summed E-state index contributed by atoms with van der Waals surface area (Å²) in [4.78, 5) is 17.0. The van der Waals surface area contributed by atoms with Crippen LogP contribution in [0.25, 0.3) is 0 Å². The van der Waals surface area contributed by atoms with E-state index in [2.05, 4.69) is 24.1 Å². The third kappa shape index (κ3) is 8.05. The van der Waals surface area contributed by atoms with Crippen molar-refractivity contribution in [2.75, 3.05) is 6.54 Å². The van der Waals surface area contributed by atoms with E-state index in [1.807, 2.05) is 31.4 Å². The molecule has 2 aromatic rings. The van der Waals surface area contributed by atoms with Gasteiger partial charge in [0, 0.05) is 23.0 Å². The van der Waals surface area contributed by atoms with E-state index in [1.165, 1.54) is 0 Å². The van der Waals surface area contributed by atoms with Gasteiger partial charge in [-0.25, -0.2) is 4.98 Å². The first-order valence-corrected chi connectivity index (χ1v) is 9.36. The first-order valence-electron chi connectivity index (χ1n) is 8.48. The van der Waals surface area contributed by atoms with Crippen LogP contribution in [0.1, 0.15) is 48.3 Å². The van der Waals surface area contributed by atoms with Crippen molar-refractivity contribution in [1.82, 2.24) is 10.3 Å². The van der Waals surface area contributed by atoms with Gasteiger partial charge in [0.1, 0.15) is 12.4 Å². The van der Waals surface area contributed by atoms with Crippen LogP contribution in [0.3, 0.4) is 0 Å². The smallest absolute Gasteiger partial charge is 0.251 e. The van der Waals surface area contributed by atoms with Gasteiger partial charge in [-0.1, -0.05) is 19.9 Å². The second-order valence-corrected chi connectivity index (χ2v) is 8.05. The van der Waals surface area contributed by atoms with E-state index in [0.717, 1.165) is 17.1 Å². The van der Waals surface area contributed by atoms with E-state index in [-0.39, 0.29) is 30.7 Å². The molecule has 27 heavy (non-hydrogen) atoms. The maximum Gasteiger partial charge on any atom is 0.251 e. The van der Waals surface area contributed by atoms with E-state index in [0.29, 0.717) is 30.4 Å². The van der Waals surface area contributed by atoms with Crippen LogP contribution in [0.15, 0.2) is 29.6 Å². The molecule has 1 aromatic carbocycles. The number of hydrogen-bond acceptors (Lipinski definition) is 5. The predicted octanol–water partition coefficient (Wildman–Crippen LogP) is 4.37. The Bertz CT molecular complexity index is 724. The number of rotatable bonds is 8. The molecule has 1 heterocycles. The van der Waals surface area contributed by atoms with Crippen LogP contribution in [0.2, 0.25) is 0 Å². The Balaban J connectivity index is 0.00000338. The third-order valence-electron chi connectivity index (χ3n) is 3.87. The molecule has 8 heteroatoms. The second kappa shape index (κ2) is 11.5. The van der Waals surface area contributed by atoms with Crippen molar-refractivity contribution < 1.29 is 9.53 Å². The van der Waals surface area contributed by atoms with Crippen molar-refractivity contribution >= 4 is 42.1 Å². The molecule has 0 bridgehead atoms. The Kier molecular flexibility index (Phi) is 10.9. The van der Waals surface area contributed by atoms with Gasteiger partial charge in [-0.15, -0.1) is 36.2 Å². The molecule has 0 radical (unpaired) electrons. The number of nitrogens with zero attached hydrogens (tertiary/aromatic N) is 1. The Hall–Kier alpha value is -1.34. The molecule has 1 aromatic heterocycles.